The van der Waals surface area contributed by atoms with Crippen LogP contribution in [0.15, 0.2) is 0 Å². The van der Waals surface area contributed by atoms with E-state index in [0.717, 1.165) is 0 Å². The summed E-state index contributed by atoms with van der Waals surface area (Å²) in [5.41, 5.74) is 0. The number of hydrogen-bond donors (Lipinski definition) is 0. The van der Waals surface area contributed by atoms with Gasteiger partial charge >= 0.3 is 10.4 Å². The largest absolute Gasteiger partial charge is 0.405 e. The lowest BCUT2D eigenvalue weighted by Gasteiger charge is -2.34. The molecule has 4 nitrogen and oxygen atoms in total. The van der Waals surface area contributed by atoms with Crippen LogP contribution < -0.4 is 0 Å². The van der Waals surface area contributed by atoms with Crippen LogP contribution in [0.2, 0.25) is 0 Å². The smallest absolute Gasteiger partial charge is 0.212 e. The average Bonchev–Trinajstić information content (AvgIpc) is 1.61. The van der Waals surface area contributed by atoms with Gasteiger partial charge in [-0.3, -0.25) is 0 Å². The molecule has 1 saturated heterocycles. The number of rotatable bonds is 1. The zero-order valence-electron chi connectivity index (χ0n) is 5.25. The van der Waals surface area contributed by atoms with Crippen molar-refractivity contribution in [2.24, 2.45) is 0 Å². The fourth-order valence-corrected chi connectivity index (χ4v) is 1.67. The molecule has 0 amide bonds. The van der Waals surface area contributed by atoms with Gasteiger partial charge in [0, 0.05) is 6.42 Å². The average molecular weight is 152 g/mol. The van der Waals surface area contributed by atoms with Crippen molar-refractivity contribution >= 4 is 10.4 Å². The van der Waals surface area contributed by atoms with E-state index in [2.05, 4.69) is 8.37 Å². The lowest BCUT2D eigenvalue weighted by Crippen LogP contribution is -2.47. The van der Waals surface area contributed by atoms with Crippen LogP contribution in [0.1, 0.15) is 20.3 Å². The normalized spacial score (nSPS) is 29.1. The van der Waals surface area contributed by atoms with E-state index in [1.807, 2.05) is 0 Å². The molecule has 1 aliphatic heterocycles. The monoisotopic (exact) mass is 152 g/mol. The lowest BCUT2D eigenvalue weighted by molar-refractivity contribution is -0.174. The van der Waals surface area contributed by atoms with E-state index < -0.39 is 16.2 Å². The molecule has 0 N–H and O–H groups in total. The predicted octanol–water partition coefficient (Wildman–Crippen LogP) is 0.404. The van der Waals surface area contributed by atoms with Gasteiger partial charge in [-0.1, -0.05) is 6.92 Å². The van der Waals surface area contributed by atoms with E-state index in [1.165, 1.54) is 0 Å². The Morgan fingerprint density at radius 1 is 1.44 bits per heavy atom. The van der Waals surface area contributed by atoms with Crippen LogP contribution in [0.25, 0.3) is 0 Å². The third kappa shape index (κ3) is 1.23. The van der Waals surface area contributed by atoms with Gasteiger partial charge in [0.2, 0.25) is 5.79 Å². The fraction of sp³-hybridized carbons (Fsp3) is 1.00. The Morgan fingerprint density at radius 2 is 1.89 bits per heavy atom. The molecule has 1 rings (SSSR count). The van der Waals surface area contributed by atoms with Crippen molar-refractivity contribution in [2.75, 3.05) is 0 Å². The second kappa shape index (κ2) is 1.68. The summed E-state index contributed by atoms with van der Waals surface area (Å²) in [5.74, 6) is -0.890. The Hall–Kier alpha value is -0.130. The van der Waals surface area contributed by atoms with Gasteiger partial charge in [-0.2, -0.15) is 8.42 Å². The van der Waals surface area contributed by atoms with E-state index in [-0.39, 0.29) is 0 Å². The second-order valence-corrected chi connectivity index (χ2v) is 3.21. The summed E-state index contributed by atoms with van der Waals surface area (Å²) in [7, 11) is -3.60. The minimum Gasteiger partial charge on any atom is -0.212 e. The molecule has 0 atom stereocenters. The van der Waals surface area contributed by atoms with Crippen molar-refractivity contribution in [1.82, 2.24) is 0 Å². The molecule has 0 saturated carbocycles. The van der Waals surface area contributed by atoms with Gasteiger partial charge in [-0.25, -0.2) is 8.37 Å². The van der Waals surface area contributed by atoms with E-state index >= 15 is 0 Å². The summed E-state index contributed by atoms with van der Waals surface area (Å²) in [4.78, 5) is 0. The second-order valence-electron chi connectivity index (χ2n) is 2.06. The first-order valence-corrected chi connectivity index (χ1v) is 3.97. The molecule has 0 spiro atoms. The molecule has 1 heterocycles. The summed E-state index contributed by atoms with van der Waals surface area (Å²) < 4.78 is 29.3. The Bertz CT molecular complexity index is 193. The summed E-state index contributed by atoms with van der Waals surface area (Å²) in [6.07, 6.45) is 0.534. The Morgan fingerprint density at radius 3 is 2.00 bits per heavy atom. The number of hydrogen-bond acceptors (Lipinski definition) is 4. The van der Waals surface area contributed by atoms with Crippen molar-refractivity contribution in [3.8, 4) is 0 Å². The molecule has 0 aromatic carbocycles. The SMILES string of the molecule is CCC1(C)OS(=O)(=O)O1. The first-order valence-electron chi connectivity index (χ1n) is 2.64. The summed E-state index contributed by atoms with van der Waals surface area (Å²) in [6, 6.07) is 0. The zero-order valence-corrected chi connectivity index (χ0v) is 6.06. The topological polar surface area (TPSA) is 52.6 Å². The van der Waals surface area contributed by atoms with E-state index in [0.29, 0.717) is 6.42 Å². The molecule has 0 radical (unpaired) electrons. The third-order valence-electron chi connectivity index (χ3n) is 1.20. The zero-order chi connectivity index (χ0) is 7.12. The first kappa shape index (κ1) is 6.98. The molecule has 1 fully saturated rings. The molecule has 0 bridgehead atoms. The van der Waals surface area contributed by atoms with Gasteiger partial charge in [0.15, 0.2) is 0 Å². The first-order chi connectivity index (χ1) is 3.97. The van der Waals surface area contributed by atoms with Crippen molar-refractivity contribution < 1.29 is 16.8 Å². The van der Waals surface area contributed by atoms with Gasteiger partial charge in [0.05, 0.1) is 0 Å². The highest BCUT2D eigenvalue weighted by atomic mass is 32.3. The highest BCUT2D eigenvalue weighted by molar-refractivity contribution is 7.82. The van der Waals surface area contributed by atoms with Gasteiger partial charge in [-0.05, 0) is 6.92 Å². The summed E-state index contributed by atoms with van der Waals surface area (Å²) in [6.45, 7) is 3.36. The Labute approximate surface area is 54.1 Å². The van der Waals surface area contributed by atoms with Gasteiger partial charge in [-0.15, -0.1) is 0 Å². The van der Waals surface area contributed by atoms with Crippen LogP contribution in [0, 0.1) is 0 Å². The third-order valence-corrected chi connectivity index (χ3v) is 2.31. The van der Waals surface area contributed by atoms with Crippen LogP contribution in [-0.4, -0.2) is 14.2 Å². The van der Waals surface area contributed by atoms with Crippen LogP contribution >= 0.6 is 0 Å². The van der Waals surface area contributed by atoms with E-state index in [9.17, 15) is 8.42 Å². The minimum absolute atomic E-state index is 0.534. The maximum atomic E-state index is 10.2. The van der Waals surface area contributed by atoms with Gasteiger partial charge in [0.25, 0.3) is 0 Å². The fourth-order valence-electron chi connectivity index (χ4n) is 0.556. The molecule has 0 aromatic heterocycles. The van der Waals surface area contributed by atoms with Gasteiger partial charge in [0.1, 0.15) is 0 Å². The van der Waals surface area contributed by atoms with Crippen LogP contribution in [-0.2, 0) is 18.8 Å². The molecular weight excluding hydrogens is 144 g/mol. The Kier molecular flexibility index (Phi) is 1.30. The minimum atomic E-state index is -3.60. The molecule has 0 unspecified atom stereocenters. The highest BCUT2D eigenvalue weighted by Crippen LogP contribution is 2.32. The van der Waals surface area contributed by atoms with Crippen LogP contribution in [0.4, 0.5) is 0 Å². The Balaban J connectivity index is 2.61. The van der Waals surface area contributed by atoms with Crippen LogP contribution in [0.5, 0.6) is 0 Å². The molecule has 9 heavy (non-hydrogen) atoms. The maximum Gasteiger partial charge on any atom is 0.405 e. The van der Waals surface area contributed by atoms with Crippen molar-refractivity contribution in [3.05, 3.63) is 0 Å². The predicted molar refractivity (Wildman–Crippen MR) is 29.8 cm³/mol. The van der Waals surface area contributed by atoms with E-state index in [1.54, 1.807) is 13.8 Å². The van der Waals surface area contributed by atoms with Gasteiger partial charge < -0.3 is 0 Å². The molecular formula is C4H8O4S. The molecule has 1 aliphatic rings. The standard InChI is InChI=1S/C4H8O4S/c1-3-4(2)7-9(5,6)8-4/h3H2,1-2H3. The molecule has 54 valence electrons. The maximum absolute atomic E-state index is 10.2. The summed E-state index contributed by atoms with van der Waals surface area (Å²) >= 11 is 0. The lowest BCUT2D eigenvalue weighted by atomic mass is 10.3. The van der Waals surface area contributed by atoms with Crippen molar-refractivity contribution in [2.45, 2.75) is 26.1 Å². The molecule has 0 aromatic rings. The highest BCUT2D eigenvalue weighted by Gasteiger charge is 2.46. The molecule has 0 aliphatic carbocycles. The van der Waals surface area contributed by atoms with Crippen LogP contribution in [0.3, 0.4) is 0 Å². The van der Waals surface area contributed by atoms with Crippen molar-refractivity contribution in [3.63, 3.8) is 0 Å². The molecule has 5 heteroatoms. The van der Waals surface area contributed by atoms with Crippen molar-refractivity contribution in [1.29, 1.82) is 0 Å². The summed E-state index contributed by atoms with van der Waals surface area (Å²) in [5, 5.41) is 0. The quantitative estimate of drug-likeness (QED) is 0.546. The van der Waals surface area contributed by atoms with E-state index in [4.69, 9.17) is 0 Å².